The molecule has 2 aromatic rings. The number of hydrogen-bond donors (Lipinski definition) is 2. The number of benzene rings is 1. The van der Waals surface area contributed by atoms with Gasteiger partial charge in [0, 0.05) is 31.5 Å². The Balaban J connectivity index is 1.89. The van der Waals surface area contributed by atoms with Gasteiger partial charge in [-0.1, -0.05) is 30.3 Å². The Hall–Kier alpha value is -2.27. The number of carbonyl (C=O) groups excluding carboxylic acids is 1. The fourth-order valence-corrected chi connectivity index (χ4v) is 2.81. The zero-order valence-electron chi connectivity index (χ0n) is 12.1. The molecular formula is C16H20N4O. The molecule has 0 saturated carbocycles. The van der Waals surface area contributed by atoms with Gasteiger partial charge in [-0.15, -0.1) is 0 Å². The first kappa shape index (κ1) is 13.7. The molecule has 1 saturated heterocycles. The van der Waals surface area contributed by atoms with Gasteiger partial charge in [-0.05, 0) is 18.7 Å². The maximum Gasteiger partial charge on any atom is 0.270 e. The third kappa shape index (κ3) is 2.78. The minimum absolute atomic E-state index is 0.00801. The third-order valence-electron chi connectivity index (χ3n) is 3.96. The number of anilines is 1. The molecule has 1 unspecified atom stereocenters. The molecular weight excluding hydrogens is 264 g/mol. The van der Waals surface area contributed by atoms with Gasteiger partial charge >= 0.3 is 0 Å². The molecule has 1 aromatic heterocycles. The first-order valence-electron chi connectivity index (χ1n) is 7.13. The van der Waals surface area contributed by atoms with E-state index in [9.17, 15) is 4.79 Å². The summed E-state index contributed by atoms with van der Waals surface area (Å²) in [5, 5.41) is 0. The van der Waals surface area contributed by atoms with Gasteiger partial charge in [-0.2, -0.15) is 0 Å². The molecule has 1 aliphatic heterocycles. The summed E-state index contributed by atoms with van der Waals surface area (Å²) in [6.07, 6.45) is 1.65. The summed E-state index contributed by atoms with van der Waals surface area (Å²) in [4.78, 5) is 19.9. The third-order valence-corrected chi connectivity index (χ3v) is 3.96. The van der Waals surface area contributed by atoms with Crippen LogP contribution in [-0.2, 0) is 0 Å². The predicted octanol–water partition coefficient (Wildman–Crippen LogP) is 1.73. The molecule has 1 aliphatic rings. The molecule has 1 fully saturated rings. The van der Waals surface area contributed by atoms with Crippen LogP contribution in [0.15, 0.2) is 42.6 Å². The number of piperazine rings is 1. The number of hydrogen-bond acceptors (Lipinski definition) is 3. The summed E-state index contributed by atoms with van der Waals surface area (Å²) < 4.78 is 0. The molecule has 0 bridgehead atoms. The molecule has 3 rings (SSSR count). The summed E-state index contributed by atoms with van der Waals surface area (Å²) in [7, 11) is 2.09. The van der Waals surface area contributed by atoms with Crippen LogP contribution >= 0.6 is 0 Å². The zero-order chi connectivity index (χ0) is 14.8. The van der Waals surface area contributed by atoms with Crippen LogP contribution in [0.1, 0.15) is 22.1 Å². The zero-order valence-corrected chi connectivity index (χ0v) is 12.1. The van der Waals surface area contributed by atoms with Crippen LogP contribution in [0.4, 0.5) is 5.69 Å². The maximum absolute atomic E-state index is 12.7. The van der Waals surface area contributed by atoms with Crippen LogP contribution in [0, 0.1) is 0 Å². The summed E-state index contributed by atoms with van der Waals surface area (Å²) in [5.74, 6) is 0.00801. The van der Waals surface area contributed by atoms with Gasteiger partial charge in [-0.3, -0.25) is 4.79 Å². The number of amides is 1. The molecule has 3 N–H and O–H groups in total. The van der Waals surface area contributed by atoms with Crippen molar-refractivity contribution in [1.29, 1.82) is 0 Å². The summed E-state index contributed by atoms with van der Waals surface area (Å²) >= 11 is 0. The number of aromatic amines is 1. The molecule has 2 heterocycles. The van der Waals surface area contributed by atoms with Crippen molar-refractivity contribution in [3.8, 4) is 0 Å². The Labute approximate surface area is 124 Å². The number of rotatable bonds is 2. The Morgan fingerprint density at radius 1 is 1.29 bits per heavy atom. The van der Waals surface area contributed by atoms with Crippen LogP contribution in [0.5, 0.6) is 0 Å². The van der Waals surface area contributed by atoms with E-state index in [1.54, 1.807) is 12.3 Å². The van der Waals surface area contributed by atoms with E-state index < -0.39 is 0 Å². The lowest BCUT2D eigenvalue weighted by Crippen LogP contribution is -2.49. The highest BCUT2D eigenvalue weighted by atomic mass is 16.2. The fraction of sp³-hybridized carbons (Fsp3) is 0.312. The Kier molecular flexibility index (Phi) is 3.66. The van der Waals surface area contributed by atoms with E-state index >= 15 is 0 Å². The molecule has 21 heavy (non-hydrogen) atoms. The molecule has 110 valence electrons. The smallest absolute Gasteiger partial charge is 0.270 e. The van der Waals surface area contributed by atoms with Crippen LogP contribution < -0.4 is 5.73 Å². The second-order valence-electron chi connectivity index (χ2n) is 5.53. The monoisotopic (exact) mass is 284 g/mol. The van der Waals surface area contributed by atoms with E-state index in [1.807, 2.05) is 23.1 Å². The standard InChI is InChI=1S/C16H20N4O/c1-19-7-8-20(16(21)14-9-13(17)10-18-14)15(11-19)12-5-3-2-4-6-12/h2-6,9-10,15,18H,7-8,11,17H2,1H3. The summed E-state index contributed by atoms with van der Waals surface area (Å²) in [6, 6.07) is 11.9. The van der Waals surface area contributed by atoms with E-state index in [4.69, 9.17) is 5.73 Å². The molecule has 0 spiro atoms. The number of nitrogen functional groups attached to an aromatic ring is 1. The SMILES string of the molecule is CN1CCN(C(=O)c2cc(N)c[nH]2)C(c2ccccc2)C1. The second-order valence-corrected chi connectivity index (χ2v) is 5.53. The first-order chi connectivity index (χ1) is 10.1. The highest BCUT2D eigenvalue weighted by molar-refractivity contribution is 5.93. The van der Waals surface area contributed by atoms with Crippen molar-refractivity contribution in [2.45, 2.75) is 6.04 Å². The van der Waals surface area contributed by atoms with Gasteiger partial charge in [0.1, 0.15) is 5.69 Å². The van der Waals surface area contributed by atoms with Crippen molar-refractivity contribution in [1.82, 2.24) is 14.8 Å². The van der Waals surface area contributed by atoms with E-state index in [2.05, 4.69) is 29.1 Å². The van der Waals surface area contributed by atoms with E-state index in [1.165, 1.54) is 0 Å². The summed E-state index contributed by atoms with van der Waals surface area (Å²) in [6.45, 7) is 2.44. The number of aromatic nitrogens is 1. The van der Waals surface area contributed by atoms with Crippen molar-refractivity contribution in [2.75, 3.05) is 32.4 Å². The number of carbonyl (C=O) groups is 1. The van der Waals surface area contributed by atoms with Crippen molar-refractivity contribution in [3.05, 3.63) is 53.9 Å². The average Bonchev–Trinajstić information content (AvgIpc) is 2.94. The van der Waals surface area contributed by atoms with Gasteiger partial charge in [-0.25, -0.2) is 0 Å². The molecule has 5 heteroatoms. The van der Waals surface area contributed by atoms with Crippen molar-refractivity contribution < 1.29 is 4.79 Å². The lowest BCUT2D eigenvalue weighted by atomic mass is 10.0. The Morgan fingerprint density at radius 3 is 2.71 bits per heavy atom. The van der Waals surface area contributed by atoms with Gasteiger partial charge in [0.15, 0.2) is 0 Å². The fourth-order valence-electron chi connectivity index (χ4n) is 2.81. The molecule has 0 radical (unpaired) electrons. The molecule has 1 amide bonds. The number of nitrogens with two attached hydrogens (primary N) is 1. The highest BCUT2D eigenvalue weighted by Gasteiger charge is 2.31. The minimum atomic E-state index is 0.00801. The van der Waals surface area contributed by atoms with E-state index in [0.717, 1.165) is 18.7 Å². The second kappa shape index (κ2) is 5.61. The minimum Gasteiger partial charge on any atom is -0.397 e. The lowest BCUT2D eigenvalue weighted by molar-refractivity contribution is 0.0493. The predicted molar refractivity (Wildman–Crippen MR) is 82.9 cm³/mol. The molecule has 1 aromatic carbocycles. The Bertz CT molecular complexity index is 622. The average molecular weight is 284 g/mol. The van der Waals surface area contributed by atoms with Gasteiger partial charge in [0.2, 0.25) is 0 Å². The Morgan fingerprint density at radius 2 is 2.05 bits per heavy atom. The van der Waals surface area contributed by atoms with Crippen LogP contribution in [-0.4, -0.2) is 47.4 Å². The van der Waals surface area contributed by atoms with Crippen molar-refractivity contribution in [2.24, 2.45) is 0 Å². The van der Waals surface area contributed by atoms with Gasteiger partial charge < -0.3 is 20.5 Å². The molecule has 1 atom stereocenters. The van der Waals surface area contributed by atoms with E-state index in [0.29, 0.717) is 17.9 Å². The normalized spacial score (nSPS) is 19.7. The lowest BCUT2D eigenvalue weighted by Gasteiger charge is -2.40. The quantitative estimate of drug-likeness (QED) is 0.882. The van der Waals surface area contributed by atoms with Crippen molar-refractivity contribution in [3.63, 3.8) is 0 Å². The molecule has 0 aliphatic carbocycles. The largest absolute Gasteiger partial charge is 0.397 e. The van der Waals surface area contributed by atoms with Crippen LogP contribution in [0.2, 0.25) is 0 Å². The van der Waals surface area contributed by atoms with Gasteiger partial charge in [0.25, 0.3) is 5.91 Å². The summed E-state index contributed by atoms with van der Waals surface area (Å²) in [5.41, 5.74) is 8.01. The number of nitrogens with zero attached hydrogens (tertiary/aromatic N) is 2. The maximum atomic E-state index is 12.7. The molecule has 5 nitrogen and oxygen atoms in total. The number of H-pyrrole nitrogens is 1. The van der Waals surface area contributed by atoms with E-state index in [-0.39, 0.29) is 11.9 Å². The topological polar surface area (TPSA) is 65.4 Å². The number of likely N-dealkylation sites (N-methyl/N-ethyl adjacent to an activating group) is 1. The van der Waals surface area contributed by atoms with Crippen molar-refractivity contribution >= 4 is 11.6 Å². The first-order valence-corrected chi connectivity index (χ1v) is 7.13. The number of nitrogens with one attached hydrogen (secondary N) is 1. The highest BCUT2D eigenvalue weighted by Crippen LogP contribution is 2.26. The van der Waals surface area contributed by atoms with Gasteiger partial charge in [0.05, 0.1) is 6.04 Å². The van der Waals surface area contributed by atoms with Crippen LogP contribution in [0.3, 0.4) is 0 Å². The van der Waals surface area contributed by atoms with Crippen LogP contribution in [0.25, 0.3) is 0 Å².